The Morgan fingerprint density at radius 2 is 0.544 bits per heavy atom. The number of fused-ring (bicyclic) bond motifs is 24. The number of carbonyl (C=O) groups is 1. The maximum atomic E-state index is 12.7. The first-order valence-corrected chi connectivity index (χ1v) is 47.0. The highest BCUT2D eigenvalue weighted by Crippen LogP contribution is 2.38. The van der Waals surface area contributed by atoms with Crippen LogP contribution < -0.4 is 0 Å². The average Bonchev–Trinajstić information content (AvgIpc) is 1.63. The Morgan fingerprint density at radius 3 is 0.856 bits per heavy atom. The molecule has 5 unspecified atom stereocenters. The van der Waals surface area contributed by atoms with Crippen LogP contribution in [-0.4, -0.2) is 70.9 Å². The van der Waals surface area contributed by atoms with Gasteiger partial charge in [0.25, 0.3) is 0 Å². The molecule has 15 heterocycles. The molecule has 14 nitrogen and oxygen atoms in total. The molecule has 7 N–H and O–H groups in total. The smallest absolute Gasteiger partial charge is 0.335 e. The molecule has 9 aromatic heterocycles. The second-order valence-corrected chi connectivity index (χ2v) is 35.2. The van der Waals surface area contributed by atoms with Crippen LogP contribution in [0.25, 0.3) is 150 Å². The Bertz CT molecular complexity index is 6290. The Balaban J connectivity index is 0.962. The van der Waals surface area contributed by atoms with Gasteiger partial charge in [-0.3, -0.25) is 0 Å². The molecule has 16 rings (SSSR count). The monoisotopic (exact) mass is 1650 g/mol. The van der Waals surface area contributed by atoms with Gasteiger partial charge in [-0.1, -0.05) is 233 Å². The highest BCUT2D eigenvalue weighted by atomic mass is 16.4. The molecular weight excluding hydrogens is 1530 g/mol. The van der Waals surface area contributed by atoms with E-state index in [2.05, 4.69) is 281 Å². The van der Waals surface area contributed by atoms with Crippen LogP contribution >= 0.6 is 0 Å². The summed E-state index contributed by atoms with van der Waals surface area (Å²) in [6.07, 6.45) is 52.5. The van der Waals surface area contributed by atoms with Gasteiger partial charge in [-0.2, -0.15) is 0 Å². The minimum absolute atomic E-state index is 0.177. The van der Waals surface area contributed by atoms with E-state index in [9.17, 15) is 9.90 Å². The predicted molar refractivity (Wildman–Crippen MR) is 526 cm³/mol. The van der Waals surface area contributed by atoms with Crippen LogP contribution in [0.4, 0.5) is 0 Å². The highest BCUT2D eigenvalue weighted by molar-refractivity contribution is 5.96. The zero-order chi connectivity index (χ0) is 86.5. The highest BCUT2D eigenvalue weighted by Gasteiger charge is 2.25. The Kier molecular flexibility index (Phi) is 27.6. The van der Waals surface area contributed by atoms with Crippen LogP contribution in [0.5, 0.6) is 0 Å². The molecule has 10 aromatic rings. The van der Waals surface area contributed by atoms with E-state index >= 15 is 0 Å². The van der Waals surface area contributed by atoms with Gasteiger partial charge in [-0.15, -0.1) is 0 Å². The maximum Gasteiger partial charge on any atom is 0.335 e. The largest absolute Gasteiger partial charge is 0.478 e. The van der Waals surface area contributed by atoms with Gasteiger partial charge in [0.2, 0.25) is 0 Å². The molecule has 6 aliphatic heterocycles. The molecule has 0 saturated heterocycles. The number of unbranched alkanes of at least 4 members (excludes halogenated alkanes) is 5. The second-order valence-electron chi connectivity index (χ2n) is 35.2. The fourth-order valence-corrected chi connectivity index (χ4v) is 18.9. The number of hydrogen-bond donors (Lipinski definition) is 7. The molecule has 0 fully saturated rings. The Labute approximate surface area is 737 Å². The fourth-order valence-electron chi connectivity index (χ4n) is 18.9. The molecule has 0 spiro atoms. The maximum absolute atomic E-state index is 12.7. The van der Waals surface area contributed by atoms with Gasteiger partial charge >= 0.3 is 5.97 Å². The van der Waals surface area contributed by atoms with E-state index in [-0.39, 0.29) is 5.56 Å². The molecule has 0 saturated carbocycles. The number of aromatic nitrogens is 12. The second kappa shape index (κ2) is 40.1. The number of rotatable bonds is 32. The quantitative estimate of drug-likeness (QED) is 0.0201. The summed E-state index contributed by atoms with van der Waals surface area (Å²) in [5.41, 5.74) is 31.6. The summed E-state index contributed by atoms with van der Waals surface area (Å²) < 4.78 is 0. The number of benzene rings is 1. The number of nitrogens with one attached hydrogen (secondary N) is 6. The van der Waals surface area contributed by atoms with E-state index in [1.54, 1.807) is 12.1 Å². The first-order valence-electron chi connectivity index (χ1n) is 47.0. The van der Waals surface area contributed by atoms with Crippen molar-refractivity contribution in [2.45, 2.75) is 230 Å². The van der Waals surface area contributed by atoms with Gasteiger partial charge in [0, 0.05) is 77.5 Å². The Hall–Kier alpha value is -12.4. The third-order valence-electron chi connectivity index (χ3n) is 26.7. The SMILES string of the molecule is CCCCC(CC)Cc1c2nc(c(C#Cc3c4nc(c(-c5ccc(C(=O)O)cc5)c5ccc([nH]5)c(C#Cc5c6nc(c(CC(CC)CCCC)c7ccc(cc8nc(c(CC(CC)CCCC)c9ccc5[nH]9)C=C8)[nH]7)C=C6)c5nc(c(CC(CC)CCCC)c6ccc3[nH]6)C=C5)C=C4)c3ccc([nH]3)c(CC(CC)CCCC)c3nc(cc4ccc1[nH]4)C=C3)C=C2. The normalized spacial score (nSPS) is 13.7. The van der Waals surface area contributed by atoms with E-state index in [0.29, 0.717) is 57.8 Å². The molecule has 0 amide bonds. The predicted octanol–water partition coefficient (Wildman–Crippen LogP) is 28.6. The zero-order valence-electron chi connectivity index (χ0n) is 74.9. The van der Waals surface area contributed by atoms with Gasteiger partial charge in [0.15, 0.2) is 0 Å². The van der Waals surface area contributed by atoms with Crippen molar-refractivity contribution < 1.29 is 9.90 Å². The molecule has 0 aliphatic carbocycles. The molecule has 638 valence electrons. The van der Waals surface area contributed by atoms with Crippen LogP contribution in [0.15, 0.2) is 109 Å². The Morgan fingerprint density at radius 1 is 0.288 bits per heavy atom. The number of nitrogens with zero attached hydrogens (tertiary/aromatic N) is 6. The van der Waals surface area contributed by atoms with Crippen molar-refractivity contribution in [3.05, 3.63) is 233 Å². The van der Waals surface area contributed by atoms with Crippen molar-refractivity contribution in [3.8, 4) is 34.8 Å². The van der Waals surface area contributed by atoms with Gasteiger partial charge in [-0.05, 0) is 237 Å². The van der Waals surface area contributed by atoms with Gasteiger partial charge < -0.3 is 35.0 Å². The van der Waals surface area contributed by atoms with E-state index < -0.39 is 5.97 Å². The molecule has 125 heavy (non-hydrogen) atoms. The zero-order valence-corrected chi connectivity index (χ0v) is 74.9. The number of H-pyrrole nitrogens is 6. The van der Waals surface area contributed by atoms with Crippen molar-refractivity contribution in [3.63, 3.8) is 0 Å². The van der Waals surface area contributed by atoms with E-state index in [1.165, 1.54) is 47.9 Å². The minimum atomic E-state index is -1.01. The summed E-state index contributed by atoms with van der Waals surface area (Å²) in [6.45, 7) is 23.0. The van der Waals surface area contributed by atoms with E-state index in [4.69, 9.17) is 29.9 Å². The summed E-state index contributed by atoms with van der Waals surface area (Å²) in [6, 6.07) is 37.6. The van der Waals surface area contributed by atoms with Crippen molar-refractivity contribution in [1.82, 2.24) is 59.8 Å². The first-order chi connectivity index (χ1) is 61.2. The van der Waals surface area contributed by atoms with Gasteiger partial charge in [0.05, 0.1) is 118 Å². The first kappa shape index (κ1) is 86.1. The van der Waals surface area contributed by atoms with Crippen LogP contribution in [-0.2, 0) is 32.1 Å². The summed E-state index contributed by atoms with van der Waals surface area (Å²) in [7, 11) is 0. The average molecular weight is 1660 g/mol. The molecule has 24 bridgehead atoms. The fraction of sp³-hybridized carbons (Fsp3) is 0.360. The van der Waals surface area contributed by atoms with Gasteiger partial charge in [-0.25, -0.2) is 34.7 Å². The minimum Gasteiger partial charge on any atom is -0.478 e. The van der Waals surface area contributed by atoms with Crippen LogP contribution in [0.2, 0.25) is 0 Å². The lowest BCUT2D eigenvalue weighted by atomic mass is 9.91. The van der Waals surface area contributed by atoms with E-state index in [0.717, 1.165) is 280 Å². The van der Waals surface area contributed by atoms with Crippen LogP contribution in [0, 0.1) is 53.3 Å². The number of aromatic carboxylic acids is 1. The molecule has 1 aromatic carbocycles. The van der Waals surface area contributed by atoms with Gasteiger partial charge in [0.1, 0.15) is 0 Å². The van der Waals surface area contributed by atoms with Crippen molar-refractivity contribution >= 4 is 145 Å². The lowest BCUT2D eigenvalue weighted by molar-refractivity contribution is 0.0696. The summed E-state index contributed by atoms with van der Waals surface area (Å²) in [4.78, 5) is 70.0. The topological polar surface area (TPSA) is 209 Å². The summed E-state index contributed by atoms with van der Waals surface area (Å²) in [5, 5.41) is 10.4. The van der Waals surface area contributed by atoms with Crippen molar-refractivity contribution in [1.29, 1.82) is 0 Å². The number of aromatic amines is 6. The molecule has 6 aliphatic rings. The molecule has 0 radical (unpaired) electrons. The number of carboxylic acids is 1. The summed E-state index contributed by atoms with van der Waals surface area (Å²) in [5.74, 6) is 16.7. The third-order valence-corrected chi connectivity index (χ3v) is 26.7. The lowest BCUT2D eigenvalue weighted by Gasteiger charge is -2.15. The van der Waals surface area contributed by atoms with Crippen LogP contribution in [0.1, 0.15) is 326 Å². The van der Waals surface area contributed by atoms with Crippen molar-refractivity contribution in [2.24, 2.45) is 29.6 Å². The summed E-state index contributed by atoms with van der Waals surface area (Å²) >= 11 is 0. The van der Waals surface area contributed by atoms with Crippen molar-refractivity contribution in [2.75, 3.05) is 0 Å². The van der Waals surface area contributed by atoms with Crippen LogP contribution in [0.3, 0.4) is 0 Å². The molecule has 5 atom stereocenters. The molecule has 14 heteroatoms. The lowest BCUT2D eigenvalue weighted by Crippen LogP contribution is -2.05. The van der Waals surface area contributed by atoms with E-state index in [1.807, 2.05) is 12.1 Å². The third kappa shape index (κ3) is 19.6. The number of hydrogen-bond acceptors (Lipinski definition) is 7. The number of carboxylic acid groups (broad SMARTS) is 1. The standard InChI is InChI=1S/C111H122N12O2/c1-11-21-26-70(16-6)63-85-98-43-35-77(112-98)68-78-36-44-99(113-78)86(64-71(17-7)27-22-12-2)103-54-48-91(117-103)81(90-47-53-102(85)116-90)39-41-83-94-51-57-106(120-94)89(67-74(20-10)30-25-15-5)107-58-52-95(121-107)84(97-60-62-109(123-97)110(108-61-59-96(83)122-108)75-31-33-76(34-32-75)111(124)125)42-40-82-92-49-55-104(118-92)87(65-72(18-8)28-23-13-3)100-45-37-79(114-100)69-80-38-46-101(115-80)88(105-56-50-93(82)119-105)66-73(19-9)29-24-14-4/h31-38,43-62,68-74,112,114,117,119-120,123H,11-30,63-67H2,1-10H3,(H,124,125). The molecular formula is C111H122N12O2.